The second-order valence-electron chi connectivity index (χ2n) is 5.21. The first-order chi connectivity index (χ1) is 10.6. The van der Waals surface area contributed by atoms with Crippen LogP contribution in [0.15, 0.2) is 53.6 Å². The van der Waals surface area contributed by atoms with Crippen LogP contribution in [0, 0.1) is 5.82 Å². The molecule has 1 aliphatic rings. The Labute approximate surface area is 127 Å². The molecule has 1 amide bonds. The van der Waals surface area contributed by atoms with E-state index in [1.165, 1.54) is 18.0 Å². The number of amides is 1. The van der Waals surface area contributed by atoms with Crippen molar-refractivity contribution in [3.63, 3.8) is 0 Å². The average molecular weight is 298 g/mol. The van der Waals surface area contributed by atoms with Crippen LogP contribution < -0.4 is 0 Å². The van der Waals surface area contributed by atoms with Gasteiger partial charge >= 0.3 is 0 Å². The molecule has 1 atom stereocenters. The van der Waals surface area contributed by atoms with Gasteiger partial charge in [-0.15, -0.1) is 0 Å². The second-order valence-corrected chi connectivity index (χ2v) is 5.21. The van der Waals surface area contributed by atoms with Gasteiger partial charge in [-0.25, -0.2) is 9.40 Å². The number of halogens is 1. The minimum absolute atomic E-state index is 0.125. The fourth-order valence-electron chi connectivity index (χ4n) is 2.65. The van der Waals surface area contributed by atoms with Gasteiger partial charge in [0.2, 0.25) is 5.91 Å². The normalized spacial score (nSPS) is 17.5. The molecule has 112 valence electrons. The quantitative estimate of drug-likeness (QED) is 0.925. The number of carbonyl (C=O) groups is 1. The minimum Gasteiger partial charge on any atom is -0.508 e. The molecule has 0 saturated carbocycles. The molecule has 2 aromatic carbocycles. The summed E-state index contributed by atoms with van der Waals surface area (Å²) in [5.41, 5.74) is 1.70. The number of rotatable bonds is 2. The Morgan fingerprint density at radius 2 is 2.05 bits per heavy atom. The molecule has 0 fully saturated rings. The molecule has 22 heavy (non-hydrogen) atoms. The van der Waals surface area contributed by atoms with Gasteiger partial charge in [-0.1, -0.05) is 30.3 Å². The van der Waals surface area contributed by atoms with Gasteiger partial charge in [-0.3, -0.25) is 4.79 Å². The highest BCUT2D eigenvalue weighted by Crippen LogP contribution is 2.34. The summed E-state index contributed by atoms with van der Waals surface area (Å²) in [5.74, 6) is -0.457. The Hall–Kier alpha value is -2.69. The van der Waals surface area contributed by atoms with E-state index in [2.05, 4.69) is 5.10 Å². The van der Waals surface area contributed by atoms with Gasteiger partial charge in [0.25, 0.3) is 0 Å². The third-order valence-corrected chi connectivity index (χ3v) is 3.67. The molecule has 4 nitrogen and oxygen atoms in total. The van der Waals surface area contributed by atoms with Crippen molar-refractivity contribution in [3.8, 4) is 5.75 Å². The molecule has 0 radical (unpaired) electrons. The lowest BCUT2D eigenvalue weighted by atomic mass is 9.98. The molecule has 0 spiro atoms. The van der Waals surface area contributed by atoms with Crippen LogP contribution in [0.25, 0.3) is 0 Å². The van der Waals surface area contributed by atoms with E-state index in [9.17, 15) is 14.3 Å². The van der Waals surface area contributed by atoms with Gasteiger partial charge in [0, 0.05) is 18.9 Å². The minimum atomic E-state index is -0.360. The highest BCUT2D eigenvalue weighted by atomic mass is 19.1. The summed E-state index contributed by atoms with van der Waals surface area (Å²) < 4.78 is 13.9. The monoisotopic (exact) mass is 298 g/mol. The molecule has 5 heteroatoms. The number of hydrogen-bond donors (Lipinski definition) is 1. The van der Waals surface area contributed by atoms with E-state index in [4.69, 9.17) is 0 Å². The summed E-state index contributed by atoms with van der Waals surface area (Å²) in [7, 11) is 0. The van der Waals surface area contributed by atoms with Crippen molar-refractivity contribution < 1.29 is 14.3 Å². The maximum Gasteiger partial charge on any atom is 0.240 e. The third-order valence-electron chi connectivity index (χ3n) is 3.67. The number of phenolic OH excluding ortho intramolecular Hbond substituents is 1. The van der Waals surface area contributed by atoms with Crippen molar-refractivity contribution in [2.45, 2.75) is 19.4 Å². The predicted molar refractivity (Wildman–Crippen MR) is 80.9 cm³/mol. The summed E-state index contributed by atoms with van der Waals surface area (Å²) in [6.07, 6.45) is 0.407. The molecule has 0 saturated heterocycles. The number of hydrazone groups is 1. The fourth-order valence-corrected chi connectivity index (χ4v) is 2.65. The van der Waals surface area contributed by atoms with Crippen molar-refractivity contribution >= 4 is 11.6 Å². The lowest BCUT2D eigenvalue weighted by Crippen LogP contribution is -2.24. The van der Waals surface area contributed by atoms with Crippen molar-refractivity contribution in [3.05, 3.63) is 65.5 Å². The number of hydrogen-bond acceptors (Lipinski definition) is 3. The van der Waals surface area contributed by atoms with E-state index < -0.39 is 0 Å². The Kier molecular flexibility index (Phi) is 3.63. The average Bonchev–Trinajstić information content (AvgIpc) is 2.93. The van der Waals surface area contributed by atoms with E-state index in [-0.39, 0.29) is 23.5 Å². The molecule has 1 N–H and O–H groups in total. The Balaban J connectivity index is 1.99. The van der Waals surface area contributed by atoms with E-state index in [0.29, 0.717) is 17.7 Å². The summed E-state index contributed by atoms with van der Waals surface area (Å²) >= 11 is 0. The molecular weight excluding hydrogens is 283 g/mol. The van der Waals surface area contributed by atoms with E-state index in [1.807, 2.05) is 6.07 Å². The first-order valence-electron chi connectivity index (χ1n) is 6.97. The van der Waals surface area contributed by atoms with E-state index in [0.717, 1.165) is 5.56 Å². The van der Waals surface area contributed by atoms with Crippen LogP contribution in [0.2, 0.25) is 0 Å². The molecule has 1 aliphatic heterocycles. The van der Waals surface area contributed by atoms with Crippen molar-refractivity contribution in [1.29, 1.82) is 0 Å². The van der Waals surface area contributed by atoms with E-state index >= 15 is 0 Å². The zero-order valence-electron chi connectivity index (χ0n) is 12.0. The zero-order chi connectivity index (χ0) is 15.7. The van der Waals surface area contributed by atoms with Crippen LogP contribution in [-0.4, -0.2) is 21.7 Å². The molecular formula is C17H15FN2O2. The highest BCUT2D eigenvalue weighted by molar-refractivity contribution is 6.03. The molecule has 0 bridgehead atoms. The van der Waals surface area contributed by atoms with Crippen LogP contribution in [0.1, 0.15) is 30.5 Å². The largest absolute Gasteiger partial charge is 0.508 e. The smallest absolute Gasteiger partial charge is 0.240 e. The zero-order valence-corrected chi connectivity index (χ0v) is 12.0. The molecule has 3 rings (SSSR count). The van der Waals surface area contributed by atoms with Crippen LogP contribution in [-0.2, 0) is 4.79 Å². The summed E-state index contributed by atoms with van der Waals surface area (Å²) in [6.45, 7) is 1.42. The Morgan fingerprint density at radius 1 is 1.27 bits per heavy atom. The standard InChI is InChI=1S/C17H15FN2O2/c1-11(21)20-17(12-5-4-6-13(22)9-12)10-16(19-20)14-7-2-3-8-15(14)18/h2-9,17,22H,10H2,1H3. The first-order valence-corrected chi connectivity index (χ1v) is 6.97. The van der Waals surface area contributed by atoms with Gasteiger partial charge in [0.15, 0.2) is 0 Å². The van der Waals surface area contributed by atoms with Gasteiger partial charge in [-0.05, 0) is 23.8 Å². The van der Waals surface area contributed by atoms with Crippen molar-refractivity contribution in [1.82, 2.24) is 5.01 Å². The third kappa shape index (κ3) is 2.57. The SMILES string of the molecule is CC(=O)N1N=C(c2ccccc2F)CC1c1cccc(O)c1. The van der Waals surface area contributed by atoms with Crippen molar-refractivity contribution in [2.75, 3.05) is 0 Å². The summed E-state index contributed by atoms with van der Waals surface area (Å²) in [5, 5.41) is 15.3. The van der Waals surface area contributed by atoms with Crippen LogP contribution in [0.3, 0.4) is 0 Å². The number of aromatic hydroxyl groups is 1. The molecule has 0 aliphatic carbocycles. The molecule has 0 aromatic heterocycles. The highest BCUT2D eigenvalue weighted by Gasteiger charge is 2.32. The Bertz CT molecular complexity index is 758. The lowest BCUT2D eigenvalue weighted by molar-refractivity contribution is -0.130. The lowest BCUT2D eigenvalue weighted by Gasteiger charge is -2.20. The maximum atomic E-state index is 13.9. The Morgan fingerprint density at radius 3 is 2.73 bits per heavy atom. The number of phenols is 1. The summed E-state index contributed by atoms with van der Waals surface area (Å²) in [6, 6.07) is 12.7. The van der Waals surface area contributed by atoms with Crippen molar-refractivity contribution in [2.24, 2.45) is 5.10 Å². The van der Waals surface area contributed by atoms with Crippen LogP contribution in [0.5, 0.6) is 5.75 Å². The first kappa shape index (κ1) is 14.3. The number of carbonyl (C=O) groups excluding carboxylic acids is 1. The van der Waals surface area contributed by atoms with Gasteiger partial charge < -0.3 is 5.11 Å². The topological polar surface area (TPSA) is 52.9 Å². The van der Waals surface area contributed by atoms with Gasteiger partial charge in [-0.2, -0.15) is 5.10 Å². The second kappa shape index (κ2) is 5.60. The molecule has 1 heterocycles. The fraction of sp³-hybridized carbons (Fsp3) is 0.176. The van der Waals surface area contributed by atoms with Gasteiger partial charge in [0.05, 0.1) is 11.8 Å². The van der Waals surface area contributed by atoms with Crippen LogP contribution >= 0.6 is 0 Å². The summed E-state index contributed by atoms with van der Waals surface area (Å²) in [4.78, 5) is 11.8. The molecule has 2 aromatic rings. The number of benzene rings is 2. The number of nitrogens with zero attached hydrogens (tertiary/aromatic N) is 2. The van der Waals surface area contributed by atoms with E-state index in [1.54, 1.807) is 36.4 Å². The van der Waals surface area contributed by atoms with Gasteiger partial charge in [0.1, 0.15) is 11.6 Å². The maximum absolute atomic E-state index is 13.9. The van der Waals surface area contributed by atoms with Crippen LogP contribution in [0.4, 0.5) is 4.39 Å². The molecule has 1 unspecified atom stereocenters. The predicted octanol–water partition coefficient (Wildman–Crippen LogP) is 3.23.